The van der Waals surface area contributed by atoms with Gasteiger partial charge in [0.15, 0.2) is 0 Å². The second kappa shape index (κ2) is 6.77. The Hall–Kier alpha value is -2.91. The molecule has 0 radical (unpaired) electrons. The third-order valence-electron chi connectivity index (χ3n) is 4.36. The van der Waals surface area contributed by atoms with E-state index in [2.05, 4.69) is 10.3 Å². The topological polar surface area (TPSA) is 114 Å². The maximum absolute atomic E-state index is 12.8. The summed E-state index contributed by atoms with van der Waals surface area (Å²) in [7, 11) is 0. The van der Waals surface area contributed by atoms with Crippen molar-refractivity contribution < 1.29 is 24.2 Å². The number of fused-ring (bicyclic) bond motifs is 1. The lowest BCUT2D eigenvalue weighted by Crippen LogP contribution is -2.47. The van der Waals surface area contributed by atoms with Crippen LogP contribution in [-0.4, -0.2) is 61.8 Å². The number of furan rings is 1. The van der Waals surface area contributed by atoms with Gasteiger partial charge in [0.2, 0.25) is 0 Å². The molecule has 2 aromatic heterocycles. The van der Waals surface area contributed by atoms with Gasteiger partial charge in [-0.05, 0) is 18.2 Å². The maximum atomic E-state index is 12.8. The number of aliphatic hydroxyl groups is 1. The molecule has 0 bridgehead atoms. The van der Waals surface area contributed by atoms with Crippen LogP contribution in [0, 0.1) is 0 Å². The van der Waals surface area contributed by atoms with Crippen LogP contribution in [0.25, 0.3) is 11.0 Å². The van der Waals surface area contributed by atoms with Crippen molar-refractivity contribution in [3.8, 4) is 5.75 Å². The molecule has 0 spiro atoms. The van der Waals surface area contributed by atoms with Crippen molar-refractivity contribution in [2.45, 2.75) is 19.3 Å². The van der Waals surface area contributed by atoms with E-state index in [1.54, 1.807) is 27.9 Å². The number of hydrogen-bond acceptors (Lipinski definition) is 7. The summed E-state index contributed by atoms with van der Waals surface area (Å²) >= 11 is 0. The molecule has 1 aromatic carbocycles. The number of phenolic OH excluding ortho intramolecular Hbond substituents is 1. The molecule has 1 atom stereocenters. The fourth-order valence-electron chi connectivity index (χ4n) is 3.08. The Morgan fingerprint density at radius 2 is 2.27 bits per heavy atom. The molecule has 3 aromatic rings. The number of rotatable bonds is 4. The number of ether oxygens (including phenoxy) is 1. The first-order valence-corrected chi connectivity index (χ1v) is 8.25. The number of phenols is 1. The van der Waals surface area contributed by atoms with Crippen LogP contribution in [0.2, 0.25) is 0 Å². The van der Waals surface area contributed by atoms with E-state index in [-0.39, 0.29) is 24.4 Å². The largest absolute Gasteiger partial charge is 0.507 e. The minimum absolute atomic E-state index is 0.0172. The minimum atomic E-state index is -0.234. The van der Waals surface area contributed by atoms with Crippen LogP contribution in [0.1, 0.15) is 16.1 Å². The number of carbonyl (C=O) groups is 1. The van der Waals surface area contributed by atoms with Crippen molar-refractivity contribution >= 4 is 16.9 Å². The van der Waals surface area contributed by atoms with Gasteiger partial charge in [0, 0.05) is 18.7 Å². The summed E-state index contributed by atoms with van der Waals surface area (Å²) in [6.45, 7) is 1.52. The van der Waals surface area contributed by atoms with Gasteiger partial charge in [-0.15, -0.1) is 5.10 Å². The lowest BCUT2D eigenvalue weighted by Gasteiger charge is -2.32. The van der Waals surface area contributed by atoms with Crippen LogP contribution in [-0.2, 0) is 17.9 Å². The van der Waals surface area contributed by atoms with Crippen LogP contribution in [0.4, 0.5) is 0 Å². The molecule has 0 saturated carbocycles. The molecule has 136 valence electrons. The average Bonchev–Trinajstić information content (AvgIpc) is 3.30. The zero-order valence-corrected chi connectivity index (χ0v) is 13.9. The highest BCUT2D eigenvalue weighted by molar-refractivity contribution is 5.99. The van der Waals surface area contributed by atoms with Gasteiger partial charge >= 0.3 is 0 Å². The van der Waals surface area contributed by atoms with Gasteiger partial charge in [0.1, 0.15) is 17.0 Å². The highest BCUT2D eigenvalue weighted by Crippen LogP contribution is 2.28. The van der Waals surface area contributed by atoms with Crippen molar-refractivity contribution in [3.05, 3.63) is 41.9 Å². The summed E-state index contributed by atoms with van der Waals surface area (Å²) in [6, 6.07) is 4.74. The van der Waals surface area contributed by atoms with Crippen molar-refractivity contribution in [2.24, 2.45) is 0 Å². The molecule has 1 amide bonds. The normalized spacial score (nSPS) is 17.7. The summed E-state index contributed by atoms with van der Waals surface area (Å²) in [5.74, 6) is -0.176. The van der Waals surface area contributed by atoms with Gasteiger partial charge in [-0.1, -0.05) is 5.21 Å². The Morgan fingerprint density at radius 1 is 1.38 bits per heavy atom. The second-order valence-electron chi connectivity index (χ2n) is 6.16. The molecular formula is C17H18N4O5. The maximum Gasteiger partial charge on any atom is 0.254 e. The predicted octanol–water partition coefficient (Wildman–Crippen LogP) is 0.763. The fraction of sp³-hybridized carbons (Fsp3) is 0.353. The number of benzene rings is 1. The molecule has 3 heterocycles. The molecule has 9 nitrogen and oxygen atoms in total. The van der Waals surface area contributed by atoms with Gasteiger partial charge in [0.05, 0.1) is 43.7 Å². The van der Waals surface area contributed by atoms with Gasteiger partial charge in [0.25, 0.3) is 5.91 Å². The first-order chi connectivity index (χ1) is 12.6. The lowest BCUT2D eigenvalue weighted by molar-refractivity contribution is -0.0302. The Labute approximate surface area is 148 Å². The average molecular weight is 358 g/mol. The monoisotopic (exact) mass is 358 g/mol. The first-order valence-electron chi connectivity index (χ1n) is 8.25. The Kier molecular flexibility index (Phi) is 4.31. The fourth-order valence-corrected chi connectivity index (χ4v) is 3.08. The van der Waals surface area contributed by atoms with Gasteiger partial charge in [-0.25, -0.2) is 4.68 Å². The molecule has 9 heteroatoms. The van der Waals surface area contributed by atoms with Crippen LogP contribution in [0.15, 0.2) is 35.1 Å². The number of morpholine rings is 1. The molecule has 1 aliphatic rings. The number of nitrogens with zero attached hydrogens (tertiary/aromatic N) is 4. The predicted molar refractivity (Wildman–Crippen MR) is 89.5 cm³/mol. The zero-order chi connectivity index (χ0) is 18.1. The molecule has 1 aliphatic heterocycles. The summed E-state index contributed by atoms with van der Waals surface area (Å²) in [4.78, 5) is 14.5. The number of amides is 1. The number of aliphatic hydroxyl groups excluding tert-OH is 1. The Balaban J connectivity index is 1.48. The summed E-state index contributed by atoms with van der Waals surface area (Å²) in [5.41, 5.74) is 1.32. The molecule has 1 saturated heterocycles. The lowest BCUT2D eigenvalue weighted by atomic mass is 10.1. The van der Waals surface area contributed by atoms with Crippen molar-refractivity contribution in [2.75, 3.05) is 19.7 Å². The molecule has 4 rings (SSSR count). The van der Waals surface area contributed by atoms with Crippen LogP contribution >= 0.6 is 0 Å². The van der Waals surface area contributed by atoms with E-state index in [4.69, 9.17) is 14.3 Å². The molecule has 2 N–H and O–H groups in total. The number of hydrogen-bond donors (Lipinski definition) is 2. The zero-order valence-electron chi connectivity index (χ0n) is 13.9. The van der Waals surface area contributed by atoms with E-state index in [9.17, 15) is 9.90 Å². The van der Waals surface area contributed by atoms with E-state index >= 15 is 0 Å². The minimum Gasteiger partial charge on any atom is -0.507 e. The molecular weight excluding hydrogens is 340 g/mol. The van der Waals surface area contributed by atoms with Gasteiger partial charge in [-0.2, -0.15) is 0 Å². The third kappa shape index (κ3) is 3.14. The van der Waals surface area contributed by atoms with Crippen molar-refractivity contribution in [3.63, 3.8) is 0 Å². The summed E-state index contributed by atoms with van der Waals surface area (Å²) in [5, 5.41) is 27.4. The Morgan fingerprint density at radius 3 is 3.08 bits per heavy atom. The van der Waals surface area contributed by atoms with Crippen molar-refractivity contribution in [1.29, 1.82) is 0 Å². The van der Waals surface area contributed by atoms with E-state index in [1.165, 1.54) is 12.3 Å². The highest BCUT2D eigenvalue weighted by Gasteiger charge is 2.26. The molecule has 1 unspecified atom stereocenters. The molecule has 1 fully saturated rings. The number of aromatic hydroxyl groups is 1. The summed E-state index contributed by atoms with van der Waals surface area (Å²) < 4.78 is 12.6. The quantitative estimate of drug-likeness (QED) is 0.708. The Bertz CT molecular complexity index is 934. The third-order valence-corrected chi connectivity index (χ3v) is 4.36. The van der Waals surface area contributed by atoms with E-state index < -0.39 is 0 Å². The number of aromatic nitrogens is 3. The van der Waals surface area contributed by atoms with Crippen LogP contribution in [0.5, 0.6) is 5.75 Å². The van der Waals surface area contributed by atoms with E-state index in [1.807, 2.05) is 0 Å². The molecule has 0 aliphatic carbocycles. The molecule has 26 heavy (non-hydrogen) atoms. The highest BCUT2D eigenvalue weighted by atomic mass is 16.5. The SMILES string of the molecule is O=C(c1cc(O)c2ccoc2c1)N1CCOC(Cn2cc(CO)nn2)C1. The smallest absolute Gasteiger partial charge is 0.254 e. The van der Waals surface area contributed by atoms with Gasteiger partial charge in [-0.3, -0.25) is 4.79 Å². The standard InChI is InChI=1S/C17H18N4O5/c22-10-12-7-21(19-18-12)9-13-8-20(2-4-25-13)17(24)11-5-15(23)14-1-3-26-16(14)6-11/h1,3,5-7,13,22-23H,2,4,8-10H2. The number of carbonyl (C=O) groups excluding carboxylic acids is 1. The van der Waals surface area contributed by atoms with E-state index in [0.29, 0.717) is 48.5 Å². The second-order valence-corrected chi connectivity index (χ2v) is 6.16. The first kappa shape index (κ1) is 16.6. The van der Waals surface area contributed by atoms with Gasteiger partial charge < -0.3 is 24.3 Å². The van der Waals surface area contributed by atoms with Crippen LogP contribution in [0.3, 0.4) is 0 Å². The van der Waals surface area contributed by atoms with Crippen molar-refractivity contribution in [1.82, 2.24) is 19.9 Å². The van der Waals surface area contributed by atoms with Crippen LogP contribution < -0.4 is 0 Å². The summed E-state index contributed by atoms with van der Waals surface area (Å²) in [6.07, 6.45) is 2.89. The van der Waals surface area contributed by atoms with E-state index in [0.717, 1.165) is 0 Å².